The minimum Gasteiger partial charge on any atom is -0.460 e. The average Bonchev–Trinajstić information content (AvgIpc) is 3.35. The summed E-state index contributed by atoms with van der Waals surface area (Å²) in [5.74, 6) is -8.79. The third-order valence-corrected chi connectivity index (χ3v) is 16.8. The lowest BCUT2D eigenvalue weighted by Crippen LogP contribution is -2.61. The molecule has 19 nitrogen and oxygen atoms in total. The van der Waals surface area contributed by atoms with Crippen LogP contribution in [0.15, 0.2) is 47.6 Å². The number of fused-ring (bicyclic) bond motifs is 3. The third-order valence-electron chi connectivity index (χ3n) is 15.4. The number of allylic oxidation sites excluding steroid dienone is 6. The van der Waals surface area contributed by atoms with Crippen molar-refractivity contribution in [3.8, 4) is 0 Å². The molecule has 20 heteroatoms. The van der Waals surface area contributed by atoms with Crippen molar-refractivity contribution in [3.05, 3.63) is 47.6 Å². The van der Waals surface area contributed by atoms with E-state index < -0.39 is 118 Å². The van der Waals surface area contributed by atoms with Crippen LogP contribution in [0.4, 0.5) is 4.79 Å². The molecular formula is C54H85N3O16S. The van der Waals surface area contributed by atoms with E-state index in [-0.39, 0.29) is 49.0 Å². The Balaban J connectivity index is 1.68. The Morgan fingerprint density at radius 1 is 0.905 bits per heavy atom. The van der Waals surface area contributed by atoms with E-state index in [0.717, 1.165) is 14.8 Å². The Labute approximate surface area is 439 Å². The number of rotatable bonds is 9. The van der Waals surface area contributed by atoms with E-state index in [0.29, 0.717) is 57.8 Å². The van der Waals surface area contributed by atoms with Gasteiger partial charge in [-0.2, -0.15) is 12.7 Å². The summed E-state index contributed by atoms with van der Waals surface area (Å²) >= 11 is 0. The number of carbonyl (C=O) groups is 6. The maximum atomic E-state index is 14.5. The van der Waals surface area contributed by atoms with E-state index in [1.807, 2.05) is 55.9 Å². The number of nitrogens with one attached hydrogen (secondary N) is 1. The number of aliphatic hydroxyl groups is 2. The molecule has 0 aromatic rings. The second-order valence-electron chi connectivity index (χ2n) is 21.4. The fourth-order valence-electron chi connectivity index (χ4n) is 10.6. The quantitative estimate of drug-likeness (QED) is 0.184. The SMILES string of the molecule is CO[C@H]1C[C@@H]2CC[C@@H](C)[C@@](O)(O2)C(=O)C(=O)N2CCCC[C@H]2C(=O)O[C@H]([C@H](C)C[C@@H]2CC[C@@H](OC(=O)NS(=O)(=O)N(C)C)[C@H](OC)C2)CC(=O)C(C)=CC(C)[C@@H](O)[C@@H](OC)C(=O)[C@H](C)C[C@H](C)C=CC=CC=C1C. The van der Waals surface area contributed by atoms with Crippen molar-refractivity contribution >= 4 is 45.5 Å². The van der Waals surface area contributed by atoms with Crippen molar-refractivity contribution in [1.82, 2.24) is 13.9 Å². The van der Waals surface area contributed by atoms with Crippen LogP contribution in [0.5, 0.6) is 0 Å². The van der Waals surface area contributed by atoms with E-state index >= 15 is 0 Å². The molecule has 3 aliphatic heterocycles. The topological polar surface area (TPSA) is 251 Å². The molecule has 3 heterocycles. The summed E-state index contributed by atoms with van der Waals surface area (Å²) < 4.78 is 62.3. The van der Waals surface area contributed by atoms with Crippen molar-refractivity contribution in [3.63, 3.8) is 0 Å². The van der Waals surface area contributed by atoms with Crippen LogP contribution in [-0.4, -0.2) is 160 Å². The first-order chi connectivity index (χ1) is 34.8. The van der Waals surface area contributed by atoms with Crippen molar-refractivity contribution in [2.75, 3.05) is 42.0 Å². The second-order valence-corrected chi connectivity index (χ2v) is 23.3. The maximum Gasteiger partial charge on any atom is 0.422 e. The number of carbonyl (C=O) groups excluding carboxylic acids is 6. The monoisotopic (exact) mass is 1060 g/mol. The number of nitrogens with zero attached hydrogens (tertiary/aromatic N) is 2. The van der Waals surface area contributed by atoms with Gasteiger partial charge in [-0.15, -0.1) is 0 Å². The zero-order valence-electron chi connectivity index (χ0n) is 45.7. The number of ketones is 3. The van der Waals surface area contributed by atoms with Crippen LogP contribution in [0.2, 0.25) is 0 Å². The van der Waals surface area contributed by atoms with Gasteiger partial charge in [-0.25, -0.2) is 14.3 Å². The molecule has 1 unspecified atom stereocenters. The van der Waals surface area contributed by atoms with Gasteiger partial charge in [-0.3, -0.25) is 19.2 Å². The van der Waals surface area contributed by atoms with Gasteiger partial charge in [0, 0.05) is 72.6 Å². The highest BCUT2D eigenvalue weighted by atomic mass is 32.2. The Morgan fingerprint density at radius 2 is 1.61 bits per heavy atom. The molecule has 2 amide bonds. The highest BCUT2D eigenvalue weighted by molar-refractivity contribution is 7.87. The highest BCUT2D eigenvalue weighted by Crippen LogP contribution is 2.38. The van der Waals surface area contributed by atoms with Gasteiger partial charge in [0.25, 0.3) is 11.7 Å². The first-order valence-electron chi connectivity index (χ1n) is 26.2. The number of cyclic esters (lactones) is 1. The van der Waals surface area contributed by atoms with Crippen LogP contribution in [0, 0.1) is 35.5 Å². The molecule has 74 heavy (non-hydrogen) atoms. The maximum absolute atomic E-state index is 14.5. The number of aliphatic hydroxyl groups excluding tert-OH is 1. The third kappa shape index (κ3) is 16.7. The summed E-state index contributed by atoms with van der Waals surface area (Å²) in [4.78, 5) is 85.0. The second kappa shape index (κ2) is 28.3. The van der Waals surface area contributed by atoms with E-state index in [1.54, 1.807) is 40.9 Å². The van der Waals surface area contributed by atoms with Gasteiger partial charge < -0.3 is 43.5 Å². The zero-order valence-corrected chi connectivity index (χ0v) is 46.5. The first-order valence-corrected chi connectivity index (χ1v) is 27.6. The highest BCUT2D eigenvalue weighted by Gasteiger charge is 2.53. The molecule has 4 aliphatic rings. The Kier molecular flexibility index (Phi) is 23.9. The molecule has 0 spiro atoms. The number of esters is 1. The lowest BCUT2D eigenvalue weighted by atomic mass is 9.78. The van der Waals surface area contributed by atoms with Gasteiger partial charge in [0.05, 0.1) is 24.4 Å². The lowest BCUT2D eigenvalue weighted by Gasteiger charge is -2.42. The number of ether oxygens (including phenoxy) is 6. The molecule has 15 atom stereocenters. The summed E-state index contributed by atoms with van der Waals surface area (Å²) in [7, 11) is 2.80. The van der Waals surface area contributed by atoms with Crippen molar-refractivity contribution in [2.24, 2.45) is 35.5 Å². The molecular weight excluding hydrogens is 979 g/mol. The summed E-state index contributed by atoms with van der Waals surface area (Å²) in [5.41, 5.74) is 1.10. The van der Waals surface area contributed by atoms with Crippen molar-refractivity contribution < 1.29 is 75.8 Å². The van der Waals surface area contributed by atoms with Crippen LogP contribution in [0.25, 0.3) is 0 Å². The Bertz CT molecular complexity index is 2190. The summed E-state index contributed by atoms with van der Waals surface area (Å²) in [6.07, 6.45) is 8.00. The van der Waals surface area contributed by atoms with Crippen LogP contribution in [0.3, 0.4) is 0 Å². The fraction of sp³-hybridized carbons (Fsp3) is 0.741. The summed E-state index contributed by atoms with van der Waals surface area (Å²) in [6, 6.07) is -1.22. The van der Waals surface area contributed by atoms with E-state index in [9.17, 15) is 47.4 Å². The van der Waals surface area contributed by atoms with E-state index in [4.69, 9.17) is 28.4 Å². The molecule has 418 valence electrons. The van der Waals surface area contributed by atoms with Gasteiger partial charge >= 0.3 is 22.3 Å². The zero-order chi connectivity index (χ0) is 55.2. The average molecular weight is 1060 g/mol. The molecule has 0 aromatic carbocycles. The van der Waals surface area contributed by atoms with Gasteiger partial charge in [0.1, 0.15) is 24.4 Å². The molecule has 4 rings (SSSR count). The van der Waals surface area contributed by atoms with Gasteiger partial charge in [0.2, 0.25) is 5.79 Å². The number of hydrogen-bond acceptors (Lipinski definition) is 16. The van der Waals surface area contributed by atoms with Crippen LogP contribution < -0.4 is 4.72 Å². The summed E-state index contributed by atoms with van der Waals surface area (Å²) in [5, 5.41) is 23.5. The first kappa shape index (κ1) is 62.4. The predicted octanol–water partition coefficient (Wildman–Crippen LogP) is 5.72. The van der Waals surface area contributed by atoms with Gasteiger partial charge in [-0.1, -0.05) is 71.1 Å². The molecule has 2 saturated heterocycles. The smallest absolute Gasteiger partial charge is 0.422 e. The molecule has 0 radical (unpaired) electrons. The van der Waals surface area contributed by atoms with Gasteiger partial charge in [-0.05, 0) is 107 Å². The standard InChI is InChI=1S/C54H85N3O16S/c1-32-18-14-13-15-19-33(2)44(68-10)30-40-23-21-38(7)54(65,73-40)50(61)51(62)57-25-17-16-20-41(57)52(63)71-45(31-42(58)34(3)27-37(6)48(60)49(70-12)47(59)36(5)26-32)35(4)28-39-22-24-43(46(29-39)69-11)72-53(64)55-74(66,67)56(8)9/h13-15,18-19,27,32,35-41,43-46,48-49,60,65H,16-17,20-26,28-31H2,1-12H3,(H,55,64)/t32-,35-,36-,37?,38-,39+,40+,41+,43-,44+,45+,46-,48-,49+,54-/m1/s1. The molecule has 1 saturated carbocycles. The minimum absolute atomic E-state index is 0.0115. The largest absolute Gasteiger partial charge is 0.460 e. The molecule has 1 aliphatic carbocycles. The molecule has 2 bridgehead atoms. The normalized spacial score (nSPS) is 34.8. The predicted molar refractivity (Wildman–Crippen MR) is 275 cm³/mol. The number of Topliss-reactive ketones (excluding diaryl/α,β-unsaturated/α-hetero) is 3. The van der Waals surface area contributed by atoms with Crippen molar-refractivity contribution in [1.29, 1.82) is 0 Å². The van der Waals surface area contributed by atoms with Crippen LogP contribution >= 0.6 is 0 Å². The van der Waals surface area contributed by atoms with Crippen molar-refractivity contribution in [2.45, 2.75) is 180 Å². The molecule has 3 fully saturated rings. The van der Waals surface area contributed by atoms with Gasteiger partial charge in [0.15, 0.2) is 11.6 Å². The number of hydrogen-bond donors (Lipinski definition) is 3. The summed E-state index contributed by atoms with van der Waals surface area (Å²) in [6.45, 7) is 12.4. The molecule has 0 aromatic heterocycles. The number of amides is 2. The lowest BCUT2D eigenvalue weighted by molar-refractivity contribution is -0.265. The van der Waals surface area contributed by atoms with E-state index in [1.165, 1.54) is 28.3 Å². The number of piperidine rings is 1. The van der Waals surface area contributed by atoms with E-state index in [2.05, 4.69) is 0 Å². The van der Waals surface area contributed by atoms with Crippen LogP contribution in [-0.2, 0) is 62.6 Å². The van der Waals surface area contributed by atoms with Crippen LogP contribution in [0.1, 0.15) is 126 Å². The number of methoxy groups -OCH3 is 3. The fourth-order valence-corrected chi connectivity index (χ4v) is 11.1. The molecule has 3 N–H and O–H groups in total. The Hall–Kier alpha value is -4.15. The minimum atomic E-state index is -4.10. The Morgan fingerprint density at radius 3 is 2.26 bits per heavy atom.